The van der Waals surface area contributed by atoms with Gasteiger partial charge in [-0.15, -0.1) is 22.7 Å². The molecule has 0 fully saturated rings. The Kier molecular flexibility index (Phi) is 5.20. The summed E-state index contributed by atoms with van der Waals surface area (Å²) in [4.78, 5) is 25.4. The average Bonchev–Trinajstić information content (AvgIpc) is 3.24. The molecule has 0 saturated heterocycles. The highest BCUT2D eigenvalue weighted by molar-refractivity contribution is 7.91. The molecule has 0 aliphatic carbocycles. The summed E-state index contributed by atoms with van der Waals surface area (Å²) in [7, 11) is -1.59. The number of sulfonamides is 1. The Balaban J connectivity index is 2.10. The van der Waals surface area contributed by atoms with Crippen molar-refractivity contribution in [3.8, 4) is 0 Å². The highest BCUT2D eigenvalue weighted by Gasteiger charge is 2.37. The number of rotatable bonds is 4. The van der Waals surface area contributed by atoms with Crippen LogP contribution < -0.4 is 0 Å². The quantitative estimate of drug-likeness (QED) is 0.713. The van der Waals surface area contributed by atoms with Crippen LogP contribution in [0.4, 0.5) is 0 Å². The number of thiophene rings is 2. The van der Waals surface area contributed by atoms with Crippen molar-refractivity contribution in [2.75, 3.05) is 20.8 Å². The maximum absolute atomic E-state index is 13.2. The molecule has 0 saturated carbocycles. The van der Waals surface area contributed by atoms with Gasteiger partial charge in [0.25, 0.3) is 10.0 Å². The zero-order valence-corrected chi connectivity index (χ0v) is 16.8. The van der Waals surface area contributed by atoms with Gasteiger partial charge in [-0.1, -0.05) is 0 Å². The van der Waals surface area contributed by atoms with Gasteiger partial charge >= 0.3 is 11.9 Å². The van der Waals surface area contributed by atoms with E-state index in [0.717, 1.165) is 16.9 Å². The molecule has 1 aliphatic rings. The monoisotopic (exact) mass is 415 g/mol. The molecule has 0 radical (unpaired) electrons. The highest BCUT2D eigenvalue weighted by atomic mass is 32.2. The molecule has 0 spiro atoms. The van der Waals surface area contributed by atoms with E-state index in [1.807, 2.05) is 11.4 Å². The van der Waals surface area contributed by atoms with Crippen LogP contribution in [0.3, 0.4) is 0 Å². The fraction of sp³-hybridized carbons (Fsp3) is 0.375. The van der Waals surface area contributed by atoms with E-state index >= 15 is 0 Å². The van der Waals surface area contributed by atoms with Gasteiger partial charge in [-0.05, 0) is 35.9 Å². The zero-order chi connectivity index (χ0) is 19.1. The second-order valence-corrected chi connectivity index (χ2v) is 9.81. The van der Waals surface area contributed by atoms with E-state index in [4.69, 9.17) is 9.47 Å². The molecular formula is C16H17NO6S3. The first-order chi connectivity index (χ1) is 12.3. The first-order valence-corrected chi connectivity index (χ1v) is 10.8. The normalized spacial score (nSPS) is 14.7. The predicted molar refractivity (Wildman–Crippen MR) is 97.4 cm³/mol. The lowest BCUT2D eigenvalue weighted by Crippen LogP contribution is -2.35. The average molecular weight is 416 g/mol. The second kappa shape index (κ2) is 7.10. The van der Waals surface area contributed by atoms with Gasteiger partial charge in [-0.2, -0.15) is 4.31 Å². The first kappa shape index (κ1) is 19.0. The van der Waals surface area contributed by atoms with Crippen molar-refractivity contribution in [3.05, 3.63) is 37.9 Å². The van der Waals surface area contributed by atoms with E-state index < -0.39 is 22.0 Å². The Labute approximate surface area is 159 Å². The largest absolute Gasteiger partial charge is 0.465 e. The molecule has 26 heavy (non-hydrogen) atoms. The van der Waals surface area contributed by atoms with Gasteiger partial charge in [-0.3, -0.25) is 0 Å². The van der Waals surface area contributed by atoms with Crippen LogP contribution in [0.1, 0.15) is 36.0 Å². The van der Waals surface area contributed by atoms with Crippen LogP contribution in [0.2, 0.25) is 0 Å². The summed E-state index contributed by atoms with van der Waals surface area (Å²) in [6, 6.07) is 1.91. The van der Waals surface area contributed by atoms with Crippen LogP contribution in [0.25, 0.3) is 0 Å². The van der Waals surface area contributed by atoms with Gasteiger partial charge < -0.3 is 9.47 Å². The highest BCUT2D eigenvalue weighted by Crippen LogP contribution is 2.37. The number of nitrogens with zero attached hydrogens (tertiary/aromatic N) is 1. The van der Waals surface area contributed by atoms with Crippen molar-refractivity contribution in [1.29, 1.82) is 0 Å². The minimum atomic E-state index is -3.96. The molecule has 0 bridgehead atoms. The van der Waals surface area contributed by atoms with E-state index in [1.165, 1.54) is 30.3 Å². The molecule has 0 amide bonds. The lowest BCUT2D eigenvalue weighted by Gasteiger charge is -2.26. The van der Waals surface area contributed by atoms with Gasteiger partial charge in [0, 0.05) is 18.0 Å². The molecule has 3 rings (SSSR count). The standard InChI is InChI=1S/C16H17NO6S3/c1-9-12(14(18)22-2)16(25-13(9)15(19)23-3)26(20,21)17-6-4-11-10(8-17)5-7-24-11/h5,7H,4,6,8H2,1-3H3. The molecular weight excluding hydrogens is 398 g/mol. The molecule has 0 N–H and O–H groups in total. The van der Waals surface area contributed by atoms with E-state index in [1.54, 1.807) is 11.3 Å². The van der Waals surface area contributed by atoms with Crippen molar-refractivity contribution >= 4 is 44.6 Å². The lowest BCUT2D eigenvalue weighted by molar-refractivity contribution is 0.0596. The Morgan fingerprint density at radius 2 is 1.88 bits per heavy atom. The summed E-state index contributed by atoms with van der Waals surface area (Å²) < 4.78 is 37.0. The van der Waals surface area contributed by atoms with Gasteiger partial charge in [0.2, 0.25) is 0 Å². The number of esters is 2. The summed E-state index contributed by atoms with van der Waals surface area (Å²) in [6.45, 7) is 2.08. The summed E-state index contributed by atoms with van der Waals surface area (Å²) in [5.74, 6) is -1.47. The van der Waals surface area contributed by atoms with Crippen molar-refractivity contribution in [2.24, 2.45) is 0 Å². The van der Waals surface area contributed by atoms with E-state index in [2.05, 4.69) is 0 Å². The maximum atomic E-state index is 13.2. The molecule has 10 heteroatoms. The molecule has 0 aromatic carbocycles. The third kappa shape index (κ3) is 3.07. The van der Waals surface area contributed by atoms with Crippen molar-refractivity contribution < 1.29 is 27.5 Å². The Bertz CT molecular complexity index is 972. The Morgan fingerprint density at radius 1 is 1.19 bits per heavy atom. The van der Waals surface area contributed by atoms with Crippen LogP contribution in [0.5, 0.6) is 0 Å². The Morgan fingerprint density at radius 3 is 2.54 bits per heavy atom. The smallest absolute Gasteiger partial charge is 0.348 e. The van der Waals surface area contributed by atoms with Crippen LogP contribution >= 0.6 is 22.7 Å². The molecule has 7 nitrogen and oxygen atoms in total. The summed E-state index contributed by atoms with van der Waals surface area (Å²) >= 11 is 2.35. The van der Waals surface area contributed by atoms with Gasteiger partial charge in [0.15, 0.2) is 4.21 Å². The maximum Gasteiger partial charge on any atom is 0.348 e. The number of hydrogen-bond acceptors (Lipinski definition) is 8. The SMILES string of the molecule is COC(=O)c1sc(S(=O)(=O)N2CCc3sccc3C2)c(C(=O)OC)c1C. The fourth-order valence-corrected chi connectivity index (χ4v) is 7.03. The minimum Gasteiger partial charge on any atom is -0.465 e. The summed E-state index contributed by atoms with van der Waals surface area (Å²) in [6.07, 6.45) is 0.619. The van der Waals surface area contributed by atoms with Crippen LogP contribution in [-0.4, -0.2) is 45.4 Å². The van der Waals surface area contributed by atoms with Crippen molar-refractivity contribution in [1.82, 2.24) is 4.31 Å². The molecule has 0 atom stereocenters. The molecule has 0 unspecified atom stereocenters. The van der Waals surface area contributed by atoms with Crippen LogP contribution in [0.15, 0.2) is 15.7 Å². The summed E-state index contributed by atoms with van der Waals surface area (Å²) in [5.41, 5.74) is 1.11. The van der Waals surface area contributed by atoms with Crippen LogP contribution in [0, 0.1) is 6.92 Å². The fourth-order valence-electron chi connectivity index (χ4n) is 2.84. The predicted octanol–water partition coefficient (Wildman–Crippen LogP) is 2.44. The zero-order valence-electron chi connectivity index (χ0n) is 14.4. The topological polar surface area (TPSA) is 90.0 Å². The molecule has 2 aromatic heterocycles. The minimum absolute atomic E-state index is 0.0831. The van der Waals surface area contributed by atoms with Gasteiger partial charge in [0.05, 0.1) is 19.8 Å². The lowest BCUT2D eigenvalue weighted by atomic mass is 10.1. The van der Waals surface area contributed by atoms with Crippen molar-refractivity contribution in [3.63, 3.8) is 0 Å². The number of hydrogen-bond donors (Lipinski definition) is 0. The van der Waals surface area contributed by atoms with E-state index in [-0.39, 0.29) is 26.8 Å². The van der Waals surface area contributed by atoms with E-state index in [9.17, 15) is 18.0 Å². The molecule has 3 heterocycles. The van der Waals surface area contributed by atoms with Crippen molar-refractivity contribution in [2.45, 2.75) is 24.1 Å². The second-order valence-electron chi connectivity index (χ2n) is 5.66. The first-order valence-electron chi connectivity index (χ1n) is 7.66. The number of carbonyl (C=O) groups excluding carboxylic acids is 2. The third-order valence-corrected chi connectivity index (χ3v) is 8.86. The number of carbonyl (C=O) groups is 2. The molecule has 2 aromatic rings. The van der Waals surface area contributed by atoms with Crippen LogP contribution in [-0.2, 0) is 32.5 Å². The molecule has 1 aliphatic heterocycles. The third-order valence-electron chi connectivity index (χ3n) is 4.22. The van der Waals surface area contributed by atoms with Gasteiger partial charge in [-0.25, -0.2) is 18.0 Å². The number of fused-ring (bicyclic) bond motifs is 1. The number of ether oxygens (including phenoxy) is 2. The summed E-state index contributed by atoms with van der Waals surface area (Å²) in [5, 5.41) is 1.94. The molecule has 140 valence electrons. The van der Waals surface area contributed by atoms with E-state index in [0.29, 0.717) is 13.0 Å². The van der Waals surface area contributed by atoms with Gasteiger partial charge in [0.1, 0.15) is 4.88 Å². The number of methoxy groups -OCH3 is 2. The Hall–Kier alpha value is -1.75.